The van der Waals surface area contributed by atoms with Gasteiger partial charge in [-0.3, -0.25) is 9.59 Å². The van der Waals surface area contributed by atoms with Crippen molar-refractivity contribution >= 4 is 24.3 Å². The van der Waals surface area contributed by atoms with E-state index in [1.165, 1.54) is 6.92 Å². The van der Waals surface area contributed by atoms with Crippen molar-refractivity contribution in [1.82, 2.24) is 5.32 Å². The third-order valence-electron chi connectivity index (χ3n) is 2.13. The summed E-state index contributed by atoms with van der Waals surface area (Å²) in [6, 6.07) is -0.349. The molecular formula is C10H20N2O2S. The zero-order valence-electron chi connectivity index (χ0n) is 9.16. The average molecular weight is 232 g/mol. The number of nitrogens with two attached hydrogens (primary N) is 1. The first kappa shape index (κ1) is 14.5. The fourth-order valence-electron chi connectivity index (χ4n) is 1.11. The van der Waals surface area contributed by atoms with Crippen molar-refractivity contribution < 1.29 is 9.59 Å². The van der Waals surface area contributed by atoms with E-state index in [1.807, 2.05) is 0 Å². The number of rotatable bonds is 8. The summed E-state index contributed by atoms with van der Waals surface area (Å²) in [6.07, 6.45) is 2.87. The lowest BCUT2D eigenvalue weighted by atomic mass is 10.1. The smallest absolute Gasteiger partial charge is 0.220 e. The van der Waals surface area contributed by atoms with E-state index in [9.17, 15) is 9.59 Å². The van der Waals surface area contributed by atoms with Gasteiger partial charge >= 0.3 is 0 Å². The van der Waals surface area contributed by atoms with E-state index in [1.54, 1.807) is 0 Å². The summed E-state index contributed by atoms with van der Waals surface area (Å²) in [6.45, 7) is 2.15. The summed E-state index contributed by atoms with van der Waals surface area (Å²) in [7, 11) is 0. The second kappa shape index (κ2) is 8.73. The van der Waals surface area contributed by atoms with Crippen molar-refractivity contribution in [2.24, 2.45) is 5.73 Å². The van der Waals surface area contributed by atoms with Crippen molar-refractivity contribution in [1.29, 1.82) is 0 Å². The molecule has 0 aliphatic carbocycles. The molecule has 0 saturated heterocycles. The lowest BCUT2D eigenvalue weighted by Gasteiger charge is -2.07. The highest BCUT2D eigenvalue weighted by Crippen LogP contribution is 1.99. The Labute approximate surface area is 96.4 Å². The first-order valence-corrected chi connectivity index (χ1v) is 5.84. The molecule has 0 bridgehead atoms. The van der Waals surface area contributed by atoms with Crippen LogP contribution in [0.25, 0.3) is 0 Å². The number of thiol groups is 1. The molecule has 0 aromatic carbocycles. The summed E-state index contributed by atoms with van der Waals surface area (Å²) in [5, 5.41) is 2.77. The first-order valence-electron chi connectivity index (χ1n) is 5.21. The van der Waals surface area contributed by atoms with Crippen LogP contribution in [0.15, 0.2) is 0 Å². The van der Waals surface area contributed by atoms with Gasteiger partial charge in [-0.2, -0.15) is 12.6 Å². The zero-order chi connectivity index (χ0) is 11.7. The third-order valence-corrected chi connectivity index (χ3v) is 2.35. The van der Waals surface area contributed by atoms with E-state index in [0.29, 0.717) is 25.1 Å². The molecule has 88 valence electrons. The molecule has 0 heterocycles. The molecule has 0 aromatic heterocycles. The fraction of sp³-hybridized carbons (Fsp3) is 0.800. The Bertz CT molecular complexity index is 210. The maximum atomic E-state index is 11.0. The van der Waals surface area contributed by atoms with Crippen LogP contribution in [0.2, 0.25) is 0 Å². The number of amides is 1. The number of carbonyl (C=O) groups is 2. The van der Waals surface area contributed by atoms with Gasteiger partial charge in [0.15, 0.2) is 0 Å². The standard InChI is InChI=1S/C10H20N2O2S/c1-8(13)9(11)4-2-3-6-12-10(14)5-7-15/h9,15H,2-7,11H2,1H3,(H,12,14)/t9-/m0/s1. The van der Waals surface area contributed by atoms with Gasteiger partial charge in [0, 0.05) is 13.0 Å². The molecule has 0 fully saturated rings. The summed E-state index contributed by atoms with van der Waals surface area (Å²) in [5.41, 5.74) is 5.56. The van der Waals surface area contributed by atoms with Crippen LogP contribution in [-0.4, -0.2) is 30.0 Å². The van der Waals surface area contributed by atoms with Crippen molar-refractivity contribution in [3.8, 4) is 0 Å². The zero-order valence-corrected chi connectivity index (χ0v) is 10.1. The second-order valence-electron chi connectivity index (χ2n) is 3.54. The van der Waals surface area contributed by atoms with Crippen LogP contribution in [0.3, 0.4) is 0 Å². The van der Waals surface area contributed by atoms with Crippen LogP contribution in [0.5, 0.6) is 0 Å². The number of hydrogen-bond acceptors (Lipinski definition) is 4. The lowest BCUT2D eigenvalue weighted by Crippen LogP contribution is -2.29. The predicted octanol–water partition coefficient (Wildman–Crippen LogP) is 0.509. The van der Waals surface area contributed by atoms with Gasteiger partial charge in [0.2, 0.25) is 5.91 Å². The van der Waals surface area contributed by atoms with Crippen LogP contribution < -0.4 is 11.1 Å². The van der Waals surface area contributed by atoms with Crippen molar-refractivity contribution in [3.05, 3.63) is 0 Å². The third kappa shape index (κ3) is 8.44. The van der Waals surface area contributed by atoms with E-state index < -0.39 is 0 Å². The SMILES string of the molecule is CC(=O)[C@@H](N)CCCCNC(=O)CCS. The minimum atomic E-state index is -0.349. The largest absolute Gasteiger partial charge is 0.356 e. The Balaban J connectivity index is 3.32. The quantitative estimate of drug-likeness (QED) is 0.422. The van der Waals surface area contributed by atoms with Crippen LogP contribution >= 0.6 is 12.6 Å². The van der Waals surface area contributed by atoms with Crippen LogP contribution in [0.4, 0.5) is 0 Å². The normalized spacial score (nSPS) is 12.2. The lowest BCUT2D eigenvalue weighted by molar-refractivity contribution is -0.121. The van der Waals surface area contributed by atoms with Gasteiger partial charge in [-0.05, 0) is 31.9 Å². The summed E-state index contributed by atoms with van der Waals surface area (Å²) >= 11 is 3.96. The van der Waals surface area contributed by atoms with Gasteiger partial charge in [-0.1, -0.05) is 0 Å². The molecule has 5 heteroatoms. The molecule has 0 rings (SSSR count). The van der Waals surface area contributed by atoms with Gasteiger partial charge in [-0.25, -0.2) is 0 Å². The van der Waals surface area contributed by atoms with Crippen LogP contribution in [0, 0.1) is 0 Å². The summed E-state index contributed by atoms with van der Waals surface area (Å²) in [5.74, 6) is 0.621. The van der Waals surface area contributed by atoms with Crippen LogP contribution in [-0.2, 0) is 9.59 Å². The summed E-state index contributed by atoms with van der Waals surface area (Å²) < 4.78 is 0. The van der Waals surface area contributed by atoms with E-state index in [-0.39, 0.29) is 17.7 Å². The highest BCUT2D eigenvalue weighted by molar-refractivity contribution is 7.80. The van der Waals surface area contributed by atoms with Gasteiger partial charge in [0.25, 0.3) is 0 Å². The van der Waals surface area contributed by atoms with Crippen molar-refractivity contribution in [2.45, 2.75) is 38.6 Å². The van der Waals surface area contributed by atoms with Crippen molar-refractivity contribution in [3.63, 3.8) is 0 Å². The van der Waals surface area contributed by atoms with Gasteiger partial charge in [0.05, 0.1) is 6.04 Å². The second-order valence-corrected chi connectivity index (χ2v) is 3.98. The van der Waals surface area contributed by atoms with Gasteiger partial charge in [0.1, 0.15) is 5.78 Å². The van der Waals surface area contributed by atoms with Gasteiger partial charge in [-0.15, -0.1) is 0 Å². The number of Topliss-reactive ketones (excluding diaryl/α,β-unsaturated/α-hetero) is 1. The maximum absolute atomic E-state index is 11.0. The molecule has 0 spiro atoms. The molecule has 0 saturated carbocycles. The molecule has 4 nitrogen and oxygen atoms in total. The monoisotopic (exact) mass is 232 g/mol. The van der Waals surface area contributed by atoms with Crippen molar-refractivity contribution in [2.75, 3.05) is 12.3 Å². The van der Waals surface area contributed by atoms with E-state index >= 15 is 0 Å². The molecule has 0 aliphatic rings. The number of carbonyl (C=O) groups excluding carboxylic acids is 2. The van der Waals surface area contributed by atoms with Gasteiger partial charge < -0.3 is 11.1 Å². The molecule has 1 amide bonds. The predicted molar refractivity (Wildman–Crippen MR) is 64.0 cm³/mol. The Morgan fingerprint density at radius 2 is 2.07 bits per heavy atom. The Hall–Kier alpha value is -0.550. The number of hydrogen-bond donors (Lipinski definition) is 3. The molecular weight excluding hydrogens is 212 g/mol. The number of nitrogens with one attached hydrogen (secondary N) is 1. The topological polar surface area (TPSA) is 72.2 Å². The highest BCUT2D eigenvalue weighted by atomic mass is 32.1. The highest BCUT2D eigenvalue weighted by Gasteiger charge is 2.06. The Kier molecular flexibility index (Phi) is 8.41. The molecule has 0 aromatic rings. The van der Waals surface area contributed by atoms with E-state index in [4.69, 9.17) is 5.73 Å². The minimum Gasteiger partial charge on any atom is -0.356 e. The number of ketones is 1. The fourth-order valence-corrected chi connectivity index (χ4v) is 1.31. The molecule has 0 radical (unpaired) electrons. The molecule has 0 aliphatic heterocycles. The minimum absolute atomic E-state index is 0.0223. The summed E-state index contributed by atoms with van der Waals surface area (Å²) in [4.78, 5) is 21.8. The maximum Gasteiger partial charge on any atom is 0.220 e. The Morgan fingerprint density at radius 3 is 2.60 bits per heavy atom. The average Bonchev–Trinajstić information content (AvgIpc) is 2.17. The first-order chi connectivity index (χ1) is 7.07. The van der Waals surface area contributed by atoms with E-state index in [2.05, 4.69) is 17.9 Å². The number of unbranched alkanes of at least 4 members (excludes halogenated alkanes) is 1. The molecule has 15 heavy (non-hydrogen) atoms. The van der Waals surface area contributed by atoms with Crippen LogP contribution in [0.1, 0.15) is 32.6 Å². The van der Waals surface area contributed by atoms with E-state index in [0.717, 1.165) is 12.8 Å². The molecule has 1 atom stereocenters. The molecule has 0 unspecified atom stereocenters. The Morgan fingerprint density at radius 1 is 1.40 bits per heavy atom. The molecule has 3 N–H and O–H groups in total.